The molecule has 0 radical (unpaired) electrons. The summed E-state index contributed by atoms with van der Waals surface area (Å²) in [4.78, 5) is 18.4. The van der Waals surface area contributed by atoms with Crippen molar-refractivity contribution in [2.45, 2.75) is 6.54 Å². The van der Waals surface area contributed by atoms with E-state index < -0.39 is 5.82 Å². The molecule has 1 amide bonds. The Bertz CT molecular complexity index is 958. The fourth-order valence-corrected chi connectivity index (χ4v) is 2.85. The van der Waals surface area contributed by atoms with Gasteiger partial charge in [-0.1, -0.05) is 23.7 Å². The molecule has 3 rings (SSSR count). The maximum atomic E-state index is 14.5. The van der Waals surface area contributed by atoms with E-state index in [2.05, 4.69) is 10.3 Å². The molecule has 0 aliphatic carbocycles. The number of carbonyl (C=O) groups is 1. The highest BCUT2D eigenvalue weighted by Crippen LogP contribution is 2.28. The number of carbonyl (C=O) groups excluding carboxylic acids is 1. The van der Waals surface area contributed by atoms with Crippen LogP contribution >= 0.6 is 11.6 Å². The van der Waals surface area contributed by atoms with Crippen molar-refractivity contribution in [1.29, 1.82) is 0 Å². The van der Waals surface area contributed by atoms with Crippen LogP contribution in [0.5, 0.6) is 0 Å². The summed E-state index contributed by atoms with van der Waals surface area (Å²) in [7, 11) is 3.93. The molecule has 0 aliphatic rings. The Hall–Kier alpha value is -2.92. The lowest BCUT2D eigenvalue weighted by atomic mass is 10.1. The van der Waals surface area contributed by atoms with Crippen LogP contribution in [-0.4, -0.2) is 25.0 Å². The summed E-state index contributed by atoms with van der Waals surface area (Å²) in [6.07, 6.45) is 1.54. The van der Waals surface area contributed by atoms with Gasteiger partial charge in [-0.15, -0.1) is 0 Å². The van der Waals surface area contributed by atoms with E-state index in [0.717, 1.165) is 11.3 Å². The first-order chi connectivity index (χ1) is 13.0. The summed E-state index contributed by atoms with van der Waals surface area (Å²) in [5.74, 6) is -0.886. The molecule has 0 saturated carbocycles. The Kier molecular flexibility index (Phi) is 5.72. The van der Waals surface area contributed by atoms with Crippen molar-refractivity contribution in [1.82, 2.24) is 10.3 Å². The molecule has 0 unspecified atom stereocenters. The van der Waals surface area contributed by atoms with Crippen molar-refractivity contribution < 1.29 is 9.18 Å². The molecule has 0 aliphatic heterocycles. The first-order valence-electron chi connectivity index (χ1n) is 8.40. The number of aromatic nitrogens is 1. The number of halogens is 2. The molecule has 0 fully saturated rings. The smallest absolute Gasteiger partial charge is 0.251 e. The first-order valence-corrected chi connectivity index (χ1v) is 8.78. The number of nitrogens with zero attached hydrogens (tertiary/aromatic N) is 2. The molecule has 0 bridgehead atoms. The number of amides is 1. The Labute approximate surface area is 162 Å². The Morgan fingerprint density at radius 3 is 2.52 bits per heavy atom. The lowest BCUT2D eigenvalue weighted by molar-refractivity contribution is 0.0950. The molecular formula is C21H19ClFN3O. The lowest BCUT2D eigenvalue weighted by Gasteiger charge is -2.13. The van der Waals surface area contributed by atoms with E-state index in [0.29, 0.717) is 17.3 Å². The zero-order chi connectivity index (χ0) is 19.4. The van der Waals surface area contributed by atoms with Gasteiger partial charge in [-0.3, -0.25) is 9.78 Å². The third-order valence-electron chi connectivity index (χ3n) is 4.15. The van der Waals surface area contributed by atoms with Gasteiger partial charge in [0.25, 0.3) is 5.91 Å². The predicted octanol–water partition coefficient (Wildman–Crippen LogP) is 4.54. The summed E-state index contributed by atoms with van der Waals surface area (Å²) in [6.45, 7) is 0.363. The van der Waals surface area contributed by atoms with Gasteiger partial charge in [-0.05, 0) is 48.0 Å². The Balaban J connectivity index is 1.70. The molecule has 6 heteroatoms. The lowest BCUT2D eigenvalue weighted by Crippen LogP contribution is -2.23. The number of rotatable bonds is 5. The molecular weight excluding hydrogens is 365 g/mol. The third-order valence-corrected chi connectivity index (χ3v) is 4.46. The molecule has 2 aromatic carbocycles. The fourth-order valence-electron chi connectivity index (χ4n) is 2.63. The average molecular weight is 384 g/mol. The summed E-state index contributed by atoms with van der Waals surface area (Å²) in [6, 6.07) is 15.5. The van der Waals surface area contributed by atoms with Gasteiger partial charge < -0.3 is 10.2 Å². The van der Waals surface area contributed by atoms with E-state index >= 15 is 0 Å². The predicted molar refractivity (Wildman–Crippen MR) is 107 cm³/mol. The number of hydrogen-bond donors (Lipinski definition) is 1. The molecule has 4 nitrogen and oxygen atoms in total. The standard InChI is InChI=1S/C21H19ClFN3O/c1-26(2)16-8-5-14(6-9-16)13-25-21(27)15-7-10-17(19(23)12-15)20-18(22)4-3-11-24-20/h3-12H,13H2,1-2H3,(H,25,27). The van der Waals surface area contributed by atoms with E-state index in [9.17, 15) is 9.18 Å². The highest BCUT2D eigenvalue weighted by atomic mass is 35.5. The summed E-state index contributed by atoms with van der Waals surface area (Å²) in [5.41, 5.74) is 2.90. The molecule has 1 aromatic heterocycles. The van der Waals surface area contributed by atoms with Crippen molar-refractivity contribution in [3.63, 3.8) is 0 Å². The second-order valence-electron chi connectivity index (χ2n) is 6.27. The number of anilines is 1. The van der Waals surface area contributed by atoms with Gasteiger partial charge in [-0.25, -0.2) is 4.39 Å². The van der Waals surface area contributed by atoms with Crippen molar-refractivity contribution in [2.75, 3.05) is 19.0 Å². The average Bonchev–Trinajstić information content (AvgIpc) is 2.67. The van der Waals surface area contributed by atoms with E-state index in [4.69, 9.17) is 11.6 Å². The van der Waals surface area contributed by atoms with Crippen LogP contribution in [0.25, 0.3) is 11.3 Å². The van der Waals surface area contributed by atoms with Gasteiger partial charge >= 0.3 is 0 Å². The zero-order valence-corrected chi connectivity index (χ0v) is 15.8. The van der Waals surface area contributed by atoms with Crippen LogP contribution in [0.1, 0.15) is 15.9 Å². The normalized spacial score (nSPS) is 10.5. The summed E-state index contributed by atoms with van der Waals surface area (Å²) < 4.78 is 14.5. The summed E-state index contributed by atoms with van der Waals surface area (Å²) in [5, 5.41) is 3.16. The van der Waals surface area contributed by atoms with Crippen LogP contribution in [0.4, 0.5) is 10.1 Å². The minimum absolute atomic E-state index is 0.244. The van der Waals surface area contributed by atoms with Gasteiger partial charge in [0.15, 0.2) is 0 Å². The van der Waals surface area contributed by atoms with Crippen molar-refractivity contribution >= 4 is 23.2 Å². The number of hydrogen-bond acceptors (Lipinski definition) is 3. The molecule has 0 spiro atoms. The van der Waals surface area contributed by atoms with Gasteiger partial charge in [0.1, 0.15) is 5.82 Å². The quantitative estimate of drug-likeness (QED) is 0.703. The fraction of sp³-hybridized carbons (Fsp3) is 0.143. The van der Waals surface area contributed by atoms with Crippen LogP contribution < -0.4 is 10.2 Å². The van der Waals surface area contributed by atoms with Crippen molar-refractivity contribution in [3.05, 3.63) is 82.8 Å². The van der Waals surface area contributed by atoms with Crippen LogP contribution in [0.3, 0.4) is 0 Å². The SMILES string of the molecule is CN(C)c1ccc(CNC(=O)c2ccc(-c3ncccc3Cl)c(F)c2)cc1. The highest BCUT2D eigenvalue weighted by Gasteiger charge is 2.13. The van der Waals surface area contributed by atoms with Crippen molar-refractivity contribution in [2.24, 2.45) is 0 Å². The number of pyridine rings is 1. The van der Waals surface area contributed by atoms with E-state index in [1.54, 1.807) is 24.4 Å². The molecule has 0 saturated heterocycles. The highest BCUT2D eigenvalue weighted by molar-refractivity contribution is 6.33. The topological polar surface area (TPSA) is 45.2 Å². The minimum Gasteiger partial charge on any atom is -0.378 e. The number of benzene rings is 2. The van der Waals surface area contributed by atoms with Crippen molar-refractivity contribution in [3.8, 4) is 11.3 Å². The molecule has 3 aromatic rings. The second-order valence-corrected chi connectivity index (χ2v) is 6.68. The first kappa shape index (κ1) is 18.9. The number of nitrogens with one attached hydrogen (secondary N) is 1. The largest absolute Gasteiger partial charge is 0.378 e. The van der Waals surface area contributed by atoms with Crippen LogP contribution in [0.15, 0.2) is 60.8 Å². The maximum Gasteiger partial charge on any atom is 0.251 e. The van der Waals surface area contributed by atoms with Crippen LogP contribution in [0, 0.1) is 5.82 Å². The van der Waals surface area contributed by atoms with Gasteiger partial charge in [0.05, 0.1) is 10.7 Å². The van der Waals surface area contributed by atoms with Crippen LogP contribution in [0.2, 0.25) is 5.02 Å². The zero-order valence-electron chi connectivity index (χ0n) is 15.0. The molecule has 138 valence electrons. The van der Waals surface area contributed by atoms with E-state index in [1.807, 2.05) is 43.3 Å². The Morgan fingerprint density at radius 2 is 1.89 bits per heavy atom. The van der Waals surface area contributed by atoms with Gasteiger partial charge in [0.2, 0.25) is 0 Å². The van der Waals surface area contributed by atoms with Crippen LogP contribution in [-0.2, 0) is 6.54 Å². The third kappa shape index (κ3) is 4.44. The van der Waals surface area contributed by atoms with E-state index in [-0.39, 0.29) is 17.0 Å². The monoisotopic (exact) mass is 383 g/mol. The molecule has 27 heavy (non-hydrogen) atoms. The Morgan fingerprint density at radius 1 is 1.15 bits per heavy atom. The molecule has 0 atom stereocenters. The van der Waals surface area contributed by atoms with E-state index in [1.165, 1.54) is 12.1 Å². The van der Waals surface area contributed by atoms with Gasteiger partial charge in [-0.2, -0.15) is 0 Å². The summed E-state index contributed by atoms with van der Waals surface area (Å²) >= 11 is 6.07. The maximum absolute atomic E-state index is 14.5. The molecule has 1 heterocycles. The van der Waals surface area contributed by atoms with Gasteiger partial charge in [0, 0.05) is 43.7 Å². The second kappa shape index (κ2) is 8.18. The molecule has 1 N–H and O–H groups in total. The minimum atomic E-state index is -0.543.